The van der Waals surface area contributed by atoms with Crippen molar-refractivity contribution in [3.05, 3.63) is 59.3 Å². The van der Waals surface area contributed by atoms with E-state index in [1.54, 1.807) is 25.7 Å². The van der Waals surface area contributed by atoms with Crippen LogP contribution in [-0.4, -0.2) is 52.1 Å². The molecule has 1 saturated heterocycles. The molecule has 2 N–H and O–H groups in total. The highest BCUT2D eigenvalue weighted by molar-refractivity contribution is 5.99. The number of fused-ring (bicyclic) bond motifs is 5. The molecule has 3 aromatic rings. The second kappa shape index (κ2) is 8.54. The van der Waals surface area contributed by atoms with Gasteiger partial charge in [-0.15, -0.1) is 0 Å². The molecule has 1 aromatic heterocycles. The van der Waals surface area contributed by atoms with Gasteiger partial charge in [-0.1, -0.05) is 24.3 Å². The number of hydrogen-bond acceptors (Lipinski definition) is 6. The summed E-state index contributed by atoms with van der Waals surface area (Å²) in [6.45, 7) is 5.53. The SMILES string of the molecule is CC(C)(C)OC(=O)CC[C@@H]1NC(=O)[C@H]2Cc3c([nH]c4ccccc34)[C@@H](c3ccc4c(c3)OCO4)N2C1=O. The molecular weight excluding hydrogens is 474 g/mol. The molecular formula is C28H29N3O6. The fraction of sp³-hybridized carbons (Fsp3) is 0.393. The van der Waals surface area contributed by atoms with Gasteiger partial charge in [0.25, 0.3) is 0 Å². The van der Waals surface area contributed by atoms with Gasteiger partial charge in [0.15, 0.2) is 11.5 Å². The number of aromatic nitrogens is 1. The monoisotopic (exact) mass is 503 g/mol. The number of para-hydroxylation sites is 1. The summed E-state index contributed by atoms with van der Waals surface area (Å²) >= 11 is 0. The van der Waals surface area contributed by atoms with Crippen molar-refractivity contribution in [2.45, 2.75) is 63.8 Å². The molecule has 0 saturated carbocycles. The van der Waals surface area contributed by atoms with E-state index in [-0.39, 0.29) is 31.4 Å². The largest absolute Gasteiger partial charge is 0.460 e. The maximum Gasteiger partial charge on any atom is 0.306 e. The molecule has 0 aliphatic carbocycles. The first-order valence-corrected chi connectivity index (χ1v) is 12.5. The molecule has 3 atom stereocenters. The van der Waals surface area contributed by atoms with E-state index in [9.17, 15) is 14.4 Å². The Morgan fingerprint density at radius 1 is 1.11 bits per heavy atom. The third-order valence-corrected chi connectivity index (χ3v) is 7.07. The Bertz CT molecular complexity index is 1420. The number of H-pyrrole nitrogens is 1. The van der Waals surface area contributed by atoms with Crippen LogP contribution in [0.15, 0.2) is 42.5 Å². The summed E-state index contributed by atoms with van der Waals surface area (Å²) in [5, 5.41) is 3.91. The van der Waals surface area contributed by atoms with Crippen LogP contribution in [0.5, 0.6) is 11.5 Å². The molecule has 9 heteroatoms. The average Bonchev–Trinajstić information content (AvgIpc) is 3.47. The van der Waals surface area contributed by atoms with E-state index >= 15 is 0 Å². The van der Waals surface area contributed by atoms with Crippen LogP contribution in [0.4, 0.5) is 0 Å². The summed E-state index contributed by atoms with van der Waals surface area (Å²) in [6, 6.07) is 11.5. The highest BCUT2D eigenvalue weighted by atomic mass is 16.7. The molecule has 2 amide bonds. The zero-order valence-electron chi connectivity index (χ0n) is 21.0. The quantitative estimate of drug-likeness (QED) is 0.529. The standard InChI is InChI=1S/C28H29N3O6/c1-28(2,3)37-23(32)11-9-19-27(34)31-20(26(33)30-19)13-17-16-6-4-5-7-18(16)29-24(17)25(31)15-8-10-21-22(12-15)36-14-35-21/h4-8,10,12,19-20,25,29H,9,11,13-14H2,1-3H3,(H,30,33)/t19-,20+,25+/m0/s1. The fourth-order valence-electron chi connectivity index (χ4n) is 5.56. The Hall–Kier alpha value is -4.01. The third kappa shape index (κ3) is 4.08. The van der Waals surface area contributed by atoms with Crippen LogP contribution < -0.4 is 14.8 Å². The number of esters is 1. The summed E-state index contributed by atoms with van der Waals surface area (Å²) in [6.07, 6.45) is 0.589. The molecule has 192 valence electrons. The zero-order chi connectivity index (χ0) is 25.9. The molecule has 4 heterocycles. The van der Waals surface area contributed by atoms with Gasteiger partial charge in [-0.25, -0.2) is 0 Å². The Morgan fingerprint density at radius 2 is 1.89 bits per heavy atom. The smallest absolute Gasteiger partial charge is 0.306 e. The summed E-state index contributed by atoms with van der Waals surface area (Å²) < 4.78 is 16.5. The van der Waals surface area contributed by atoms with Gasteiger partial charge < -0.3 is 29.4 Å². The number of aromatic amines is 1. The van der Waals surface area contributed by atoms with Crippen LogP contribution in [0.3, 0.4) is 0 Å². The van der Waals surface area contributed by atoms with Crippen molar-refractivity contribution in [1.82, 2.24) is 15.2 Å². The van der Waals surface area contributed by atoms with Gasteiger partial charge in [-0.05, 0) is 56.5 Å². The zero-order valence-corrected chi connectivity index (χ0v) is 21.0. The average molecular weight is 504 g/mol. The van der Waals surface area contributed by atoms with Crippen molar-refractivity contribution in [3.63, 3.8) is 0 Å². The minimum atomic E-state index is -0.821. The predicted molar refractivity (Wildman–Crippen MR) is 134 cm³/mol. The molecule has 0 unspecified atom stereocenters. The summed E-state index contributed by atoms with van der Waals surface area (Å²) in [5.41, 5.74) is 3.05. The number of hydrogen-bond donors (Lipinski definition) is 2. The molecule has 0 bridgehead atoms. The van der Waals surface area contributed by atoms with Crippen molar-refractivity contribution >= 4 is 28.7 Å². The first-order chi connectivity index (χ1) is 17.7. The van der Waals surface area contributed by atoms with Crippen molar-refractivity contribution in [1.29, 1.82) is 0 Å². The fourth-order valence-corrected chi connectivity index (χ4v) is 5.56. The highest BCUT2D eigenvalue weighted by Gasteiger charge is 2.49. The van der Waals surface area contributed by atoms with E-state index in [1.807, 2.05) is 42.5 Å². The molecule has 2 aromatic carbocycles. The number of carbonyl (C=O) groups excluding carboxylic acids is 3. The minimum Gasteiger partial charge on any atom is -0.460 e. The highest BCUT2D eigenvalue weighted by Crippen LogP contribution is 2.44. The number of nitrogens with zero attached hydrogens (tertiary/aromatic N) is 1. The van der Waals surface area contributed by atoms with Gasteiger partial charge in [0.2, 0.25) is 18.6 Å². The van der Waals surface area contributed by atoms with Crippen LogP contribution in [0.2, 0.25) is 0 Å². The molecule has 37 heavy (non-hydrogen) atoms. The number of ether oxygens (including phenoxy) is 3. The first kappa shape index (κ1) is 23.4. The maximum atomic E-state index is 13.9. The number of benzene rings is 2. The van der Waals surface area contributed by atoms with E-state index in [1.165, 1.54) is 0 Å². The van der Waals surface area contributed by atoms with Crippen molar-refractivity contribution < 1.29 is 28.6 Å². The van der Waals surface area contributed by atoms with Crippen LogP contribution in [0, 0.1) is 0 Å². The van der Waals surface area contributed by atoms with Crippen LogP contribution >= 0.6 is 0 Å². The molecule has 6 rings (SSSR count). The molecule has 3 aliphatic heterocycles. The summed E-state index contributed by atoms with van der Waals surface area (Å²) in [7, 11) is 0. The lowest BCUT2D eigenvalue weighted by molar-refractivity contribution is -0.157. The summed E-state index contributed by atoms with van der Waals surface area (Å²) in [5.74, 6) is 0.398. The van der Waals surface area contributed by atoms with Gasteiger partial charge >= 0.3 is 5.97 Å². The Morgan fingerprint density at radius 3 is 2.70 bits per heavy atom. The number of piperazine rings is 1. The number of amides is 2. The van der Waals surface area contributed by atoms with Crippen LogP contribution in [0.1, 0.15) is 56.5 Å². The number of carbonyl (C=O) groups is 3. The molecule has 0 radical (unpaired) electrons. The lowest BCUT2D eigenvalue weighted by Gasteiger charge is -2.46. The normalized spacial score (nSPS) is 22.5. The van der Waals surface area contributed by atoms with Gasteiger partial charge in [-0.3, -0.25) is 14.4 Å². The predicted octanol–water partition coefficient (Wildman–Crippen LogP) is 3.36. The Labute approximate surface area is 214 Å². The van der Waals surface area contributed by atoms with E-state index in [2.05, 4.69) is 10.3 Å². The van der Waals surface area contributed by atoms with Gasteiger partial charge in [0.1, 0.15) is 17.7 Å². The Kier molecular flexibility index (Phi) is 5.40. The number of rotatable bonds is 4. The second-order valence-electron chi connectivity index (χ2n) is 10.7. The molecule has 1 fully saturated rings. The topological polar surface area (TPSA) is 110 Å². The lowest BCUT2D eigenvalue weighted by Crippen LogP contribution is -2.66. The van der Waals surface area contributed by atoms with Crippen molar-refractivity contribution in [2.75, 3.05) is 6.79 Å². The van der Waals surface area contributed by atoms with E-state index in [0.29, 0.717) is 17.9 Å². The minimum absolute atomic E-state index is 0.0266. The van der Waals surface area contributed by atoms with E-state index in [0.717, 1.165) is 27.7 Å². The Balaban J connectivity index is 1.39. The maximum absolute atomic E-state index is 13.9. The van der Waals surface area contributed by atoms with Gasteiger partial charge in [-0.2, -0.15) is 0 Å². The second-order valence-corrected chi connectivity index (χ2v) is 10.7. The number of nitrogens with one attached hydrogen (secondary N) is 2. The van der Waals surface area contributed by atoms with Crippen molar-refractivity contribution in [2.24, 2.45) is 0 Å². The van der Waals surface area contributed by atoms with E-state index in [4.69, 9.17) is 14.2 Å². The van der Waals surface area contributed by atoms with Crippen LogP contribution in [0.25, 0.3) is 10.9 Å². The third-order valence-electron chi connectivity index (χ3n) is 7.07. The van der Waals surface area contributed by atoms with Crippen LogP contribution in [-0.2, 0) is 25.5 Å². The van der Waals surface area contributed by atoms with Gasteiger partial charge in [0, 0.05) is 29.4 Å². The molecule has 9 nitrogen and oxygen atoms in total. The van der Waals surface area contributed by atoms with Crippen molar-refractivity contribution in [3.8, 4) is 11.5 Å². The molecule has 3 aliphatic rings. The van der Waals surface area contributed by atoms with Gasteiger partial charge in [0.05, 0.1) is 6.04 Å². The van der Waals surface area contributed by atoms with E-state index < -0.39 is 29.7 Å². The summed E-state index contributed by atoms with van der Waals surface area (Å²) in [4.78, 5) is 44.9. The lowest BCUT2D eigenvalue weighted by atomic mass is 9.85. The molecule has 0 spiro atoms. The first-order valence-electron chi connectivity index (χ1n) is 12.5.